The first-order valence-electron chi connectivity index (χ1n) is 10.5. The summed E-state index contributed by atoms with van der Waals surface area (Å²) in [6, 6.07) is 32.0. The van der Waals surface area contributed by atoms with Crippen LogP contribution in [-0.2, 0) is 0 Å². The van der Waals surface area contributed by atoms with Crippen molar-refractivity contribution in [1.29, 1.82) is 0 Å². The van der Waals surface area contributed by atoms with Crippen molar-refractivity contribution in [2.75, 3.05) is 4.90 Å². The Morgan fingerprint density at radius 2 is 1.00 bits per heavy atom. The molecule has 0 heterocycles. The fourth-order valence-corrected chi connectivity index (χ4v) is 3.82. The first kappa shape index (κ1) is 21.0. The van der Waals surface area contributed by atoms with Gasteiger partial charge in [-0.25, -0.2) is 0 Å². The Morgan fingerprint density at radius 1 is 0.548 bits per heavy atom. The van der Waals surface area contributed by atoms with Gasteiger partial charge in [0.05, 0.1) is 0 Å². The van der Waals surface area contributed by atoms with Crippen LogP contribution in [0.5, 0.6) is 0 Å². The highest BCUT2D eigenvalue weighted by atomic mass is 35.5. The Morgan fingerprint density at radius 3 is 1.48 bits per heavy atom. The fourth-order valence-electron chi connectivity index (χ4n) is 3.52. The molecule has 0 spiro atoms. The minimum Gasteiger partial charge on any atom is -0.311 e. The molecular weight excluding hydrogens is 398 g/mol. The standard InChI is InChI=1S/C29H26ClN/c1-21-5-14-26(15-6-21)31(27-16-7-22(2)8-17-27)28-18-10-24(11-19-28)9-13-25-12-4-23(3)20-29(25)30/h4-20H,1-3H3. The minimum absolute atomic E-state index is 0.776. The summed E-state index contributed by atoms with van der Waals surface area (Å²) in [5, 5.41) is 0.776. The molecule has 154 valence electrons. The van der Waals surface area contributed by atoms with Crippen LogP contribution in [0, 0.1) is 20.8 Å². The molecule has 0 aliphatic carbocycles. The smallest absolute Gasteiger partial charge is 0.0481 e. The molecule has 1 nitrogen and oxygen atoms in total. The number of hydrogen-bond acceptors (Lipinski definition) is 1. The topological polar surface area (TPSA) is 3.24 Å². The van der Waals surface area contributed by atoms with Gasteiger partial charge in [0.15, 0.2) is 0 Å². The van der Waals surface area contributed by atoms with Gasteiger partial charge in [0.1, 0.15) is 0 Å². The van der Waals surface area contributed by atoms with E-state index >= 15 is 0 Å². The first-order valence-corrected chi connectivity index (χ1v) is 10.9. The number of halogens is 1. The lowest BCUT2D eigenvalue weighted by molar-refractivity contribution is 1.27. The Hall–Kier alpha value is -3.29. The third-order valence-electron chi connectivity index (χ3n) is 5.35. The van der Waals surface area contributed by atoms with Crippen molar-refractivity contribution in [3.63, 3.8) is 0 Å². The molecule has 0 saturated heterocycles. The van der Waals surface area contributed by atoms with Crippen molar-refractivity contribution in [1.82, 2.24) is 0 Å². The average molecular weight is 424 g/mol. The largest absolute Gasteiger partial charge is 0.311 e. The van der Waals surface area contributed by atoms with E-state index in [4.69, 9.17) is 11.6 Å². The number of rotatable bonds is 5. The molecule has 0 aromatic heterocycles. The zero-order valence-corrected chi connectivity index (χ0v) is 18.9. The van der Waals surface area contributed by atoms with Crippen LogP contribution in [0.25, 0.3) is 12.2 Å². The summed E-state index contributed by atoms with van der Waals surface area (Å²) in [5.41, 5.74) is 9.24. The van der Waals surface area contributed by atoms with Crippen LogP contribution < -0.4 is 4.90 Å². The first-order chi connectivity index (χ1) is 15.0. The van der Waals surface area contributed by atoms with Crippen LogP contribution in [0.1, 0.15) is 27.8 Å². The summed E-state index contributed by atoms with van der Waals surface area (Å²) in [6.07, 6.45) is 4.16. The van der Waals surface area contributed by atoms with Crippen molar-refractivity contribution in [3.05, 3.63) is 124 Å². The van der Waals surface area contributed by atoms with Crippen LogP contribution in [-0.4, -0.2) is 0 Å². The summed E-state index contributed by atoms with van der Waals surface area (Å²) in [6.45, 7) is 6.27. The molecule has 0 aliphatic rings. The zero-order valence-electron chi connectivity index (χ0n) is 18.1. The van der Waals surface area contributed by atoms with Gasteiger partial charge in [0.2, 0.25) is 0 Å². The van der Waals surface area contributed by atoms with E-state index in [0.717, 1.165) is 33.2 Å². The van der Waals surface area contributed by atoms with Gasteiger partial charge in [-0.3, -0.25) is 0 Å². The van der Waals surface area contributed by atoms with Crippen LogP contribution in [0.3, 0.4) is 0 Å². The van der Waals surface area contributed by atoms with Crippen molar-refractivity contribution in [3.8, 4) is 0 Å². The second-order valence-electron chi connectivity index (χ2n) is 7.96. The molecule has 0 atom stereocenters. The predicted octanol–water partition coefficient (Wildman–Crippen LogP) is 8.91. The van der Waals surface area contributed by atoms with Gasteiger partial charge in [-0.1, -0.05) is 83.4 Å². The average Bonchev–Trinajstić information content (AvgIpc) is 2.77. The predicted molar refractivity (Wildman–Crippen MR) is 136 cm³/mol. The minimum atomic E-state index is 0.776. The molecule has 4 aromatic carbocycles. The van der Waals surface area contributed by atoms with Crippen molar-refractivity contribution < 1.29 is 0 Å². The third kappa shape index (κ3) is 5.07. The van der Waals surface area contributed by atoms with Crippen LogP contribution >= 0.6 is 11.6 Å². The Kier molecular flexibility index (Phi) is 6.25. The van der Waals surface area contributed by atoms with Crippen LogP contribution in [0.2, 0.25) is 5.02 Å². The molecule has 0 aliphatic heterocycles. The summed E-state index contributed by atoms with van der Waals surface area (Å²) in [5.74, 6) is 0. The molecule has 4 aromatic rings. The number of hydrogen-bond donors (Lipinski definition) is 0. The Bertz CT molecular complexity index is 1140. The molecule has 31 heavy (non-hydrogen) atoms. The highest BCUT2D eigenvalue weighted by Crippen LogP contribution is 2.35. The number of anilines is 3. The summed E-state index contributed by atoms with van der Waals surface area (Å²) in [4.78, 5) is 2.28. The van der Waals surface area contributed by atoms with Gasteiger partial charge in [-0.05, 0) is 79.9 Å². The van der Waals surface area contributed by atoms with Gasteiger partial charge in [0, 0.05) is 22.1 Å². The molecule has 0 N–H and O–H groups in total. The highest BCUT2D eigenvalue weighted by molar-refractivity contribution is 6.32. The fraction of sp³-hybridized carbons (Fsp3) is 0.103. The van der Waals surface area contributed by atoms with Crippen LogP contribution in [0.4, 0.5) is 17.1 Å². The maximum atomic E-state index is 6.36. The molecule has 4 rings (SSSR count). The van der Waals surface area contributed by atoms with E-state index < -0.39 is 0 Å². The Labute approximate surface area is 190 Å². The van der Waals surface area contributed by atoms with E-state index in [0.29, 0.717) is 0 Å². The molecular formula is C29H26ClN. The SMILES string of the molecule is Cc1ccc(N(c2ccc(C)cc2)c2ccc(C=Cc3ccc(C)cc3Cl)cc2)cc1. The monoisotopic (exact) mass is 423 g/mol. The van der Waals surface area contributed by atoms with Crippen molar-refractivity contribution in [2.45, 2.75) is 20.8 Å². The highest BCUT2D eigenvalue weighted by Gasteiger charge is 2.12. The van der Waals surface area contributed by atoms with Gasteiger partial charge in [0.25, 0.3) is 0 Å². The Balaban J connectivity index is 1.65. The molecule has 0 unspecified atom stereocenters. The molecule has 0 amide bonds. The van der Waals surface area contributed by atoms with Gasteiger partial charge in [-0.2, -0.15) is 0 Å². The lowest BCUT2D eigenvalue weighted by Gasteiger charge is -2.25. The zero-order chi connectivity index (χ0) is 21.8. The molecule has 0 radical (unpaired) electrons. The van der Waals surface area contributed by atoms with E-state index in [2.05, 4.69) is 116 Å². The lowest BCUT2D eigenvalue weighted by Crippen LogP contribution is -2.09. The molecule has 2 heteroatoms. The van der Waals surface area contributed by atoms with E-state index in [1.807, 2.05) is 13.0 Å². The second-order valence-corrected chi connectivity index (χ2v) is 8.36. The number of benzene rings is 4. The van der Waals surface area contributed by atoms with Crippen molar-refractivity contribution >= 4 is 40.8 Å². The quantitative estimate of drug-likeness (QED) is 0.289. The summed E-state index contributed by atoms with van der Waals surface area (Å²) >= 11 is 6.36. The number of nitrogens with zero attached hydrogens (tertiary/aromatic N) is 1. The van der Waals surface area contributed by atoms with E-state index in [1.165, 1.54) is 16.7 Å². The van der Waals surface area contributed by atoms with Gasteiger partial charge >= 0.3 is 0 Å². The summed E-state index contributed by atoms with van der Waals surface area (Å²) < 4.78 is 0. The van der Waals surface area contributed by atoms with Crippen molar-refractivity contribution in [2.24, 2.45) is 0 Å². The number of aryl methyl sites for hydroxylation is 3. The maximum absolute atomic E-state index is 6.36. The van der Waals surface area contributed by atoms with Crippen LogP contribution in [0.15, 0.2) is 91.0 Å². The van der Waals surface area contributed by atoms with Gasteiger partial charge in [-0.15, -0.1) is 0 Å². The van der Waals surface area contributed by atoms with E-state index in [1.54, 1.807) is 0 Å². The molecule has 0 bridgehead atoms. The van der Waals surface area contributed by atoms with E-state index in [9.17, 15) is 0 Å². The molecule has 0 fully saturated rings. The molecule has 0 saturated carbocycles. The van der Waals surface area contributed by atoms with E-state index in [-0.39, 0.29) is 0 Å². The van der Waals surface area contributed by atoms with Gasteiger partial charge < -0.3 is 4.90 Å². The summed E-state index contributed by atoms with van der Waals surface area (Å²) in [7, 11) is 0. The maximum Gasteiger partial charge on any atom is 0.0481 e. The second kappa shape index (κ2) is 9.24. The lowest BCUT2D eigenvalue weighted by atomic mass is 10.1. The normalized spacial score (nSPS) is 11.1. The third-order valence-corrected chi connectivity index (χ3v) is 5.67.